The number of hydrogen-bond donors (Lipinski definition) is 1. The van der Waals surface area contributed by atoms with Crippen LogP contribution in [0.5, 0.6) is 5.88 Å². The second-order valence-corrected chi connectivity index (χ2v) is 4.01. The number of aromatic nitrogens is 1. The average molecular weight is 261 g/mol. The third kappa shape index (κ3) is 2.76. The topological polar surface area (TPSA) is 51.4 Å². The summed E-state index contributed by atoms with van der Waals surface area (Å²) in [5, 5.41) is 0. The zero-order valence-corrected chi connectivity index (χ0v) is 10.9. The molecule has 5 heteroatoms. The van der Waals surface area contributed by atoms with Crippen LogP contribution in [0.1, 0.15) is 6.92 Å². The molecule has 1 aromatic carbocycles. The summed E-state index contributed by atoms with van der Waals surface area (Å²) in [6.45, 7) is 2.33. The highest BCUT2D eigenvalue weighted by atomic mass is 19.1. The molecule has 0 unspecified atom stereocenters. The summed E-state index contributed by atoms with van der Waals surface area (Å²) in [6.07, 6.45) is 0. The lowest BCUT2D eigenvalue weighted by Gasteiger charge is -2.20. The molecule has 2 aromatic rings. The quantitative estimate of drug-likeness (QED) is 0.919. The van der Waals surface area contributed by atoms with Gasteiger partial charge in [-0.3, -0.25) is 0 Å². The van der Waals surface area contributed by atoms with Gasteiger partial charge in [0.15, 0.2) is 0 Å². The first-order valence-corrected chi connectivity index (χ1v) is 6.01. The number of nitrogens with zero attached hydrogens (tertiary/aromatic N) is 2. The molecule has 1 aromatic heterocycles. The van der Waals surface area contributed by atoms with Gasteiger partial charge in [0.1, 0.15) is 11.6 Å². The van der Waals surface area contributed by atoms with Crippen molar-refractivity contribution in [3.05, 3.63) is 42.2 Å². The number of anilines is 3. The summed E-state index contributed by atoms with van der Waals surface area (Å²) in [4.78, 5) is 5.94. The minimum atomic E-state index is -0.304. The summed E-state index contributed by atoms with van der Waals surface area (Å²) in [5.74, 6) is 0.632. The monoisotopic (exact) mass is 261 g/mol. The van der Waals surface area contributed by atoms with Crippen LogP contribution in [0.15, 0.2) is 36.4 Å². The van der Waals surface area contributed by atoms with Crippen LogP contribution >= 0.6 is 0 Å². The van der Waals surface area contributed by atoms with Gasteiger partial charge < -0.3 is 15.4 Å². The van der Waals surface area contributed by atoms with Gasteiger partial charge in [0.05, 0.1) is 18.0 Å². The van der Waals surface area contributed by atoms with Gasteiger partial charge in [-0.15, -0.1) is 0 Å². The Morgan fingerprint density at radius 1 is 1.26 bits per heavy atom. The van der Waals surface area contributed by atoms with E-state index in [1.807, 2.05) is 6.92 Å². The molecular weight excluding hydrogens is 245 g/mol. The number of benzene rings is 1. The van der Waals surface area contributed by atoms with E-state index in [4.69, 9.17) is 10.5 Å². The largest absolute Gasteiger partial charge is 0.476 e. The van der Waals surface area contributed by atoms with E-state index in [2.05, 4.69) is 4.98 Å². The van der Waals surface area contributed by atoms with E-state index in [1.54, 1.807) is 42.3 Å². The van der Waals surface area contributed by atoms with Gasteiger partial charge in [0.2, 0.25) is 5.88 Å². The third-order valence-electron chi connectivity index (χ3n) is 2.71. The van der Waals surface area contributed by atoms with Crippen LogP contribution in [0.3, 0.4) is 0 Å². The molecule has 0 saturated heterocycles. The Hall–Kier alpha value is -2.30. The summed E-state index contributed by atoms with van der Waals surface area (Å²) in [5.41, 5.74) is 6.68. The first kappa shape index (κ1) is 13.1. The summed E-state index contributed by atoms with van der Waals surface area (Å²) in [7, 11) is 1.74. The minimum absolute atomic E-state index is 0.304. The van der Waals surface area contributed by atoms with Gasteiger partial charge in [-0.2, -0.15) is 4.98 Å². The maximum Gasteiger partial charge on any atom is 0.239 e. The van der Waals surface area contributed by atoms with Crippen LogP contribution in [0.2, 0.25) is 0 Å². The molecule has 19 heavy (non-hydrogen) atoms. The molecule has 0 spiro atoms. The van der Waals surface area contributed by atoms with Crippen LogP contribution in [-0.2, 0) is 0 Å². The lowest BCUT2D eigenvalue weighted by atomic mass is 10.2. The molecule has 2 rings (SSSR count). The fourth-order valence-electron chi connectivity index (χ4n) is 1.73. The normalized spacial score (nSPS) is 10.3. The van der Waals surface area contributed by atoms with Crippen molar-refractivity contribution in [1.29, 1.82) is 0 Å². The zero-order valence-electron chi connectivity index (χ0n) is 10.9. The standard InChI is InChI=1S/C14H16FN3O/c1-3-19-14-11(16)8-9-13(17-14)18(2)12-7-5-4-6-10(12)15/h4-9H,3,16H2,1-2H3. The number of hydrogen-bond acceptors (Lipinski definition) is 4. The van der Waals surface area contributed by atoms with Crippen molar-refractivity contribution in [3.8, 4) is 5.88 Å². The minimum Gasteiger partial charge on any atom is -0.476 e. The van der Waals surface area contributed by atoms with E-state index in [0.717, 1.165) is 0 Å². The van der Waals surface area contributed by atoms with E-state index in [-0.39, 0.29) is 5.82 Å². The van der Waals surface area contributed by atoms with Crippen LogP contribution < -0.4 is 15.4 Å². The molecule has 0 atom stereocenters. The second kappa shape index (κ2) is 5.56. The van der Waals surface area contributed by atoms with Crippen molar-refractivity contribution in [1.82, 2.24) is 4.98 Å². The number of nitrogen functional groups attached to an aromatic ring is 1. The first-order chi connectivity index (χ1) is 9.13. The Bertz CT molecular complexity index is 574. The molecule has 0 saturated carbocycles. The first-order valence-electron chi connectivity index (χ1n) is 6.01. The molecule has 2 N–H and O–H groups in total. The predicted molar refractivity (Wildman–Crippen MR) is 74.3 cm³/mol. The predicted octanol–water partition coefficient (Wildman–Crippen LogP) is 2.97. The molecule has 0 aliphatic rings. The van der Waals surface area contributed by atoms with Crippen LogP contribution in [0.25, 0.3) is 0 Å². The number of nitrogens with two attached hydrogens (primary N) is 1. The number of ether oxygens (including phenoxy) is 1. The Morgan fingerprint density at radius 3 is 2.68 bits per heavy atom. The Balaban J connectivity index is 2.36. The smallest absolute Gasteiger partial charge is 0.239 e. The van der Waals surface area contributed by atoms with Gasteiger partial charge in [-0.05, 0) is 31.2 Å². The Kier molecular flexibility index (Phi) is 3.85. The molecule has 0 radical (unpaired) electrons. The van der Waals surface area contributed by atoms with Gasteiger partial charge in [0.25, 0.3) is 0 Å². The van der Waals surface area contributed by atoms with E-state index in [9.17, 15) is 4.39 Å². The molecule has 0 fully saturated rings. The highest BCUT2D eigenvalue weighted by Crippen LogP contribution is 2.28. The zero-order chi connectivity index (χ0) is 13.8. The second-order valence-electron chi connectivity index (χ2n) is 4.01. The van der Waals surface area contributed by atoms with E-state index >= 15 is 0 Å². The lowest BCUT2D eigenvalue weighted by Crippen LogP contribution is -2.13. The van der Waals surface area contributed by atoms with Crippen molar-refractivity contribution >= 4 is 17.2 Å². The van der Waals surface area contributed by atoms with Crippen LogP contribution in [0.4, 0.5) is 21.6 Å². The van der Waals surface area contributed by atoms with Crippen molar-refractivity contribution < 1.29 is 9.13 Å². The molecule has 100 valence electrons. The van der Waals surface area contributed by atoms with Gasteiger partial charge >= 0.3 is 0 Å². The van der Waals surface area contributed by atoms with E-state index in [0.29, 0.717) is 29.7 Å². The van der Waals surface area contributed by atoms with Gasteiger partial charge in [-0.1, -0.05) is 12.1 Å². The third-order valence-corrected chi connectivity index (χ3v) is 2.71. The van der Waals surface area contributed by atoms with E-state index in [1.165, 1.54) is 6.07 Å². The Labute approximate surface area is 111 Å². The molecule has 0 bridgehead atoms. The number of para-hydroxylation sites is 1. The molecule has 0 aliphatic heterocycles. The summed E-state index contributed by atoms with van der Waals surface area (Å²) in [6, 6.07) is 9.94. The van der Waals surface area contributed by atoms with Crippen molar-refractivity contribution in [2.45, 2.75) is 6.92 Å². The molecule has 0 aliphatic carbocycles. The highest BCUT2D eigenvalue weighted by Gasteiger charge is 2.12. The van der Waals surface area contributed by atoms with Gasteiger partial charge in [-0.25, -0.2) is 4.39 Å². The van der Waals surface area contributed by atoms with Crippen molar-refractivity contribution in [2.24, 2.45) is 0 Å². The highest BCUT2D eigenvalue weighted by molar-refractivity contribution is 5.63. The van der Waals surface area contributed by atoms with E-state index < -0.39 is 0 Å². The molecular formula is C14H16FN3O. The summed E-state index contributed by atoms with van der Waals surface area (Å²) >= 11 is 0. The maximum atomic E-state index is 13.7. The number of halogens is 1. The van der Waals surface area contributed by atoms with Crippen molar-refractivity contribution in [2.75, 3.05) is 24.3 Å². The molecule has 0 amide bonds. The fraction of sp³-hybridized carbons (Fsp3) is 0.214. The van der Waals surface area contributed by atoms with Gasteiger partial charge in [0, 0.05) is 7.05 Å². The Morgan fingerprint density at radius 2 is 2.00 bits per heavy atom. The molecule has 1 heterocycles. The SMILES string of the molecule is CCOc1nc(N(C)c2ccccc2F)ccc1N. The van der Waals surface area contributed by atoms with Crippen LogP contribution in [0, 0.1) is 5.82 Å². The van der Waals surface area contributed by atoms with Crippen LogP contribution in [-0.4, -0.2) is 18.6 Å². The number of rotatable bonds is 4. The maximum absolute atomic E-state index is 13.7. The fourth-order valence-corrected chi connectivity index (χ4v) is 1.73. The average Bonchev–Trinajstić information content (AvgIpc) is 2.41. The number of pyridine rings is 1. The molecule has 4 nitrogen and oxygen atoms in total. The summed E-state index contributed by atoms with van der Waals surface area (Å²) < 4.78 is 19.1. The lowest BCUT2D eigenvalue weighted by molar-refractivity contribution is 0.329. The van der Waals surface area contributed by atoms with Crippen molar-refractivity contribution in [3.63, 3.8) is 0 Å².